The number of rotatable bonds is 1. The van der Waals surface area contributed by atoms with Crippen molar-refractivity contribution in [3.8, 4) is 0 Å². The van der Waals surface area contributed by atoms with E-state index >= 15 is 0 Å². The minimum Gasteiger partial charge on any atom is -0.384 e. The lowest BCUT2D eigenvalue weighted by Crippen LogP contribution is -2.56. The van der Waals surface area contributed by atoms with E-state index in [2.05, 4.69) is 31.3 Å². The Balaban J connectivity index is 1.72. The van der Waals surface area contributed by atoms with Crippen molar-refractivity contribution < 1.29 is 9.53 Å². The number of ether oxygens (including phenoxy) is 1. The third-order valence-corrected chi connectivity index (χ3v) is 4.25. The van der Waals surface area contributed by atoms with Crippen LogP contribution in [0.3, 0.4) is 0 Å². The van der Waals surface area contributed by atoms with Crippen molar-refractivity contribution in [3.05, 3.63) is 29.8 Å². The standard InChI is InChI=1S/C17H24N2O2/c1-12-10-19(11-17(2,3)21-12)16(20)14-8-13-6-4-5-7-15(13)18-9-14/h4-7,12,14,18H,8-11H2,1-3H3. The fraction of sp³-hybridized carbons (Fsp3) is 0.588. The third kappa shape index (κ3) is 3.05. The SMILES string of the molecule is CC1CN(C(=O)C2CNc3ccccc3C2)CC(C)(C)O1. The Morgan fingerprint density at radius 3 is 2.90 bits per heavy atom. The van der Waals surface area contributed by atoms with Gasteiger partial charge in [0.15, 0.2) is 0 Å². The van der Waals surface area contributed by atoms with Gasteiger partial charge in [0, 0.05) is 25.3 Å². The van der Waals surface area contributed by atoms with Crippen LogP contribution in [-0.4, -0.2) is 42.1 Å². The van der Waals surface area contributed by atoms with Gasteiger partial charge in [0.1, 0.15) is 0 Å². The normalized spacial score (nSPS) is 27.7. The second-order valence-electron chi connectivity index (χ2n) is 6.85. The predicted molar refractivity (Wildman–Crippen MR) is 83.3 cm³/mol. The molecule has 2 unspecified atom stereocenters. The Morgan fingerprint density at radius 2 is 2.14 bits per heavy atom. The van der Waals surface area contributed by atoms with Crippen LogP contribution in [0.1, 0.15) is 26.3 Å². The monoisotopic (exact) mass is 288 g/mol. The van der Waals surface area contributed by atoms with Gasteiger partial charge in [0.2, 0.25) is 5.91 Å². The molecule has 0 bridgehead atoms. The van der Waals surface area contributed by atoms with Crippen molar-refractivity contribution in [3.63, 3.8) is 0 Å². The summed E-state index contributed by atoms with van der Waals surface area (Å²) >= 11 is 0. The Kier molecular flexibility index (Phi) is 3.66. The van der Waals surface area contributed by atoms with E-state index in [0.717, 1.165) is 18.7 Å². The molecular formula is C17H24N2O2. The zero-order valence-corrected chi connectivity index (χ0v) is 13.1. The molecule has 1 aromatic carbocycles. The van der Waals surface area contributed by atoms with E-state index in [1.54, 1.807) is 0 Å². The zero-order valence-electron chi connectivity index (χ0n) is 13.1. The molecule has 2 aliphatic heterocycles. The predicted octanol–water partition coefficient (Wildman–Crippen LogP) is 2.30. The fourth-order valence-electron chi connectivity index (χ4n) is 3.50. The number of para-hydroxylation sites is 1. The lowest BCUT2D eigenvalue weighted by Gasteiger charge is -2.43. The number of nitrogens with zero attached hydrogens (tertiary/aromatic N) is 1. The zero-order chi connectivity index (χ0) is 15.0. The lowest BCUT2D eigenvalue weighted by atomic mass is 9.92. The van der Waals surface area contributed by atoms with Gasteiger partial charge in [-0.1, -0.05) is 18.2 Å². The lowest BCUT2D eigenvalue weighted by molar-refractivity contribution is -0.161. The first kappa shape index (κ1) is 14.4. The summed E-state index contributed by atoms with van der Waals surface area (Å²) in [6.45, 7) is 8.24. The Labute approximate surface area is 126 Å². The molecule has 21 heavy (non-hydrogen) atoms. The number of hydrogen-bond acceptors (Lipinski definition) is 3. The fourth-order valence-corrected chi connectivity index (χ4v) is 3.50. The number of amides is 1. The number of anilines is 1. The Morgan fingerprint density at radius 1 is 1.38 bits per heavy atom. The first-order chi connectivity index (χ1) is 9.94. The molecule has 0 radical (unpaired) electrons. The topological polar surface area (TPSA) is 41.6 Å². The minimum atomic E-state index is -0.257. The molecule has 1 amide bonds. The molecule has 3 rings (SSSR count). The van der Waals surface area contributed by atoms with Crippen LogP contribution in [-0.2, 0) is 16.0 Å². The summed E-state index contributed by atoms with van der Waals surface area (Å²) in [5.41, 5.74) is 2.15. The van der Waals surface area contributed by atoms with Gasteiger partial charge in [0.05, 0.1) is 17.6 Å². The van der Waals surface area contributed by atoms with E-state index in [-0.39, 0.29) is 23.5 Å². The molecule has 2 heterocycles. The number of nitrogens with one attached hydrogen (secondary N) is 1. The summed E-state index contributed by atoms with van der Waals surface area (Å²) in [6.07, 6.45) is 0.926. The summed E-state index contributed by atoms with van der Waals surface area (Å²) in [7, 11) is 0. The van der Waals surface area contributed by atoms with Gasteiger partial charge < -0.3 is 15.0 Å². The van der Waals surface area contributed by atoms with Crippen molar-refractivity contribution >= 4 is 11.6 Å². The van der Waals surface area contributed by atoms with E-state index in [9.17, 15) is 4.79 Å². The first-order valence-electron chi connectivity index (χ1n) is 7.73. The third-order valence-electron chi connectivity index (χ3n) is 4.25. The number of carbonyl (C=O) groups is 1. The molecule has 1 N–H and O–H groups in total. The second-order valence-corrected chi connectivity index (χ2v) is 6.85. The highest BCUT2D eigenvalue weighted by Crippen LogP contribution is 2.27. The highest BCUT2D eigenvalue weighted by Gasteiger charge is 2.36. The molecule has 1 fully saturated rings. The maximum Gasteiger partial charge on any atom is 0.227 e. The van der Waals surface area contributed by atoms with Gasteiger partial charge in [0.25, 0.3) is 0 Å². The van der Waals surface area contributed by atoms with E-state index in [4.69, 9.17) is 4.74 Å². The van der Waals surface area contributed by atoms with Crippen LogP contribution in [0.25, 0.3) is 0 Å². The van der Waals surface area contributed by atoms with Crippen LogP contribution in [0.5, 0.6) is 0 Å². The molecule has 114 valence electrons. The average molecular weight is 288 g/mol. The molecule has 0 saturated carbocycles. The smallest absolute Gasteiger partial charge is 0.227 e. The van der Waals surface area contributed by atoms with Crippen molar-refractivity contribution in [2.45, 2.75) is 38.9 Å². The average Bonchev–Trinajstić information content (AvgIpc) is 2.44. The van der Waals surface area contributed by atoms with Crippen LogP contribution >= 0.6 is 0 Å². The van der Waals surface area contributed by atoms with Gasteiger partial charge >= 0.3 is 0 Å². The highest BCUT2D eigenvalue weighted by atomic mass is 16.5. The molecule has 0 aliphatic carbocycles. The van der Waals surface area contributed by atoms with Crippen molar-refractivity contribution in [1.82, 2.24) is 4.90 Å². The number of hydrogen-bond donors (Lipinski definition) is 1. The number of morpholine rings is 1. The van der Waals surface area contributed by atoms with Crippen LogP contribution in [0.2, 0.25) is 0 Å². The van der Waals surface area contributed by atoms with Crippen LogP contribution in [0.15, 0.2) is 24.3 Å². The maximum absolute atomic E-state index is 12.8. The largest absolute Gasteiger partial charge is 0.384 e. The van der Waals surface area contributed by atoms with E-state index in [1.807, 2.05) is 24.0 Å². The molecule has 4 nitrogen and oxygen atoms in total. The van der Waals surface area contributed by atoms with Crippen LogP contribution in [0.4, 0.5) is 5.69 Å². The van der Waals surface area contributed by atoms with Crippen LogP contribution in [0, 0.1) is 5.92 Å². The minimum absolute atomic E-state index is 0.0287. The Bertz CT molecular complexity index is 541. The number of benzene rings is 1. The van der Waals surface area contributed by atoms with Gasteiger partial charge in [-0.2, -0.15) is 0 Å². The van der Waals surface area contributed by atoms with Crippen LogP contribution < -0.4 is 5.32 Å². The van der Waals surface area contributed by atoms with Gasteiger partial charge in [-0.3, -0.25) is 4.79 Å². The number of carbonyl (C=O) groups excluding carboxylic acids is 1. The molecule has 0 aromatic heterocycles. The quantitative estimate of drug-likeness (QED) is 0.862. The molecule has 1 aromatic rings. The molecule has 2 aliphatic rings. The molecule has 2 atom stereocenters. The van der Waals surface area contributed by atoms with Gasteiger partial charge in [-0.05, 0) is 38.8 Å². The van der Waals surface area contributed by atoms with Crippen molar-refractivity contribution in [1.29, 1.82) is 0 Å². The van der Waals surface area contributed by atoms with Gasteiger partial charge in [-0.15, -0.1) is 0 Å². The summed E-state index contributed by atoms with van der Waals surface area (Å²) in [5.74, 6) is 0.279. The molecular weight excluding hydrogens is 264 g/mol. The Hall–Kier alpha value is -1.55. The second kappa shape index (κ2) is 5.34. The van der Waals surface area contributed by atoms with E-state index < -0.39 is 0 Å². The molecule has 4 heteroatoms. The van der Waals surface area contributed by atoms with Crippen molar-refractivity contribution in [2.75, 3.05) is 25.0 Å². The van der Waals surface area contributed by atoms with E-state index in [0.29, 0.717) is 13.1 Å². The summed E-state index contributed by atoms with van der Waals surface area (Å²) in [4.78, 5) is 14.8. The first-order valence-corrected chi connectivity index (χ1v) is 7.73. The molecule has 0 spiro atoms. The highest BCUT2D eigenvalue weighted by molar-refractivity contribution is 5.81. The maximum atomic E-state index is 12.8. The van der Waals surface area contributed by atoms with Gasteiger partial charge in [-0.25, -0.2) is 0 Å². The summed E-state index contributed by atoms with van der Waals surface area (Å²) in [5, 5.41) is 3.39. The van der Waals surface area contributed by atoms with Crippen molar-refractivity contribution in [2.24, 2.45) is 5.92 Å². The van der Waals surface area contributed by atoms with E-state index in [1.165, 1.54) is 5.56 Å². The summed E-state index contributed by atoms with van der Waals surface area (Å²) in [6, 6.07) is 8.25. The number of fused-ring (bicyclic) bond motifs is 1. The molecule has 1 saturated heterocycles. The summed E-state index contributed by atoms with van der Waals surface area (Å²) < 4.78 is 5.89.